The molecule has 1 atom stereocenters. The van der Waals surface area contributed by atoms with Crippen LogP contribution in [0.5, 0.6) is 0 Å². The van der Waals surface area contributed by atoms with Gasteiger partial charge in [-0.15, -0.1) is 11.3 Å². The predicted octanol–water partition coefficient (Wildman–Crippen LogP) is 0.987. The lowest BCUT2D eigenvalue weighted by Gasteiger charge is -2.16. The third-order valence-electron chi connectivity index (χ3n) is 2.17. The molecule has 0 radical (unpaired) electrons. The summed E-state index contributed by atoms with van der Waals surface area (Å²) in [6, 6.07) is 0.389. The van der Waals surface area contributed by atoms with Gasteiger partial charge in [0.15, 0.2) is 0 Å². The van der Waals surface area contributed by atoms with Crippen molar-refractivity contribution in [3.05, 3.63) is 16.6 Å². The fraction of sp³-hybridized carbons (Fsp3) is 0.700. The Morgan fingerprint density at radius 3 is 3.13 bits per heavy atom. The highest BCUT2D eigenvalue weighted by Crippen LogP contribution is 2.06. The van der Waals surface area contributed by atoms with E-state index >= 15 is 0 Å². The molecule has 0 saturated carbocycles. The molecule has 0 saturated heterocycles. The smallest absolute Gasteiger partial charge is 0.0794 e. The number of hydrogen-bond donors (Lipinski definition) is 2. The molecular formula is C10H19N3OS. The molecule has 0 aliphatic heterocycles. The largest absolute Gasteiger partial charge is 0.383 e. The van der Waals surface area contributed by atoms with Crippen molar-refractivity contribution in [2.75, 3.05) is 20.3 Å². The molecule has 5 heteroatoms. The standard InChI is InChI=1S/C10H19N3OS/c1-14-7-9(3-2-4-11)13-6-10-5-12-8-15-10/h5,8-9,13H,2-4,6-7,11H2,1H3. The van der Waals surface area contributed by atoms with Gasteiger partial charge in [-0.2, -0.15) is 0 Å². The zero-order valence-electron chi connectivity index (χ0n) is 9.11. The van der Waals surface area contributed by atoms with Crippen LogP contribution in [0.3, 0.4) is 0 Å². The molecule has 1 aromatic heterocycles. The molecular weight excluding hydrogens is 210 g/mol. The molecule has 0 aliphatic carbocycles. The Morgan fingerprint density at radius 2 is 2.53 bits per heavy atom. The van der Waals surface area contributed by atoms with Crippen LogP contribution in [0.2, 0.25) is 0 Å². The Labute approximate surface area is 94.8 Å². The number of rotatable bonds is 8. The maximum atomic E-state index is 5.49. The number of nitrogens with one attached hydrogen (secondary N) is 1. The number of hydrogen-bond acceptors (Lipinski definition) is 5. The number of nitrogens with two attached hydrogens (primary N) is 1. The summed E-state index contributed by atoms with van der Waals surface area (Å²) in [5.41, 5.74) is 7.34. The summed E-state index contributed by atoms with van der Waals surface area (Å²) in [6.45, 7) is 2.34. The zero-order chi connectivity index (χ0) is 10.9. The molecule has 0 spiro atoms. The number of aromatic nitrogens is 1. The Kier molecular flexibility index (Phi) is 6.50. The van der Waals surface area contributed by atoms with Crippen LogP contribution in [-0.4, -0.2) is 31.3 Å². The molecule has 0 amide bonds. The normalized spacial score (nSPS) is 12.9. The minimum absolute atomic E-state index is 0.389. The zero-order valence-corrected chi connectivity index (χ0v) is 9.93. The first-order valence-electron chi connectivity index (χ1n) is 5.16. The molecule has 1 heterocycles. The van der Waals surface area contributed by atoms with Gasteiger partial charge in [0.25, 0.3) is 0 Å². The van der Waals surface area contributed by atoms with Gasteiger partial charge in [0, 0.05) is 30.8 Å². The van der Waals surface area contributed by atoms with E-state index in [0.717, 1.165) is 32.5 Å². The van der Waals surface area contributed by atoms with Gasteiger partial charge in [-0.1, -0.05) is 0 Å². The lowest BCUT2D eigenvalue weighted by atomic mass is 10.1. The van der Waals surface area contributed by atoms with Crippen LogP contribution >= 0.6 is 11.3 Å². The van der Waals surface area contributed by atoms with Crippen LogP contribution < -0.4 is 11.1 Å². The summed E-state index contributed by atoms with van der Waals surface area (Å²) >= 11 is 1.67. The Hall–Kier alpha value is -0.490. The molecule has 1 unspecified atom stereocenters. The second-order valence-electron chi connectivity index (χ2n) is 3.43. The first-order valence-corrected chi connectivity index (χ1v) is 6.04. The Morgan fingerprint density at radius 1 is 1.67 bits per heavy atom. The SMILES string of the molecule is COCC(CCCN)NCc1cncs1. The quantitative estimate of drug-likeness (QED) is 0.698. The molecule has 0 bridgehead atoms. The molecule has 0 fully saturated rings. The van der Waals surface area contributed by atoms with Gasteiger partial charge < -0.3 is 15.8 Å². The highest BCUT2D eigenvalue weighted by molar-refractivity contribution is 7.09. The second kappa shape index (κ2) is 7.76. The van der Waals surface area contributed by atoms with Crippen molar-refractivity contribution in [3.8, 4) is 0 Å². The molecule has 1 aromatic rings. The van der Waals surface area contributed by atoms with E-state index in [1.54, 1.807) is 18.4 Å². The van der Waals surface area contributed by atoms with Gasteiger partial charge in [0.05, 0.1) is 12.1 Å². The van der Waals surface area contributed by atoms with E-state index in [2.05, 4.69) is 10.3 Å². The molecule has 15 heavy (non-hydrogen) atoms. The average Bonchev–Trinajstić information content (AvgIpc) is 2.75. The number of ether oxygens (including phenoxy) is 1. The van der Waals surface area contributed by atoms with Crippen molar-refractivity contribution in [2.45, 2.75) is 25.4 Å². The van der Waals surface area contributed by atoms with E-state index < -0.39 is 0 Å². The third kappa shape index (κ3) is 5.22. The first kappa shape index (κ1) is 12.6. The molecule has 0 aromatic carbocycles. The highest BCUT2D eigenvalue weighted by Gasteiger charge is 2.07. The summed E-state index contributed by atoms with van der Waals surface area (Å²) in [5.74, 6) is 0. The Balaban J connectivity index is 2.24. The van der Waals surface area contributed by atoms with E-state index in [-0.39, 0.29) is 0 Å². The van der Waals surface area contributed by atoms with E-state index in [0.29, 0.717) is 6.04 Å². The Bertz CT molecular complexity index is 241. The minimum Gasteiger partial charge on any atom is -0.383 e. The van der Waals surface area contributed by atoms with E-state index in [9.17, 15) is 0 Å². The van der Waals surface area contributed by atoms with Crippen LogP contribution in [-0.2, 0) is 11.3 Å². The molecule has 3 N–H and O–H groups in total. The summed E-state index contributed by atoms with van der Waals surface area (Å²) in [6.07, 6.45) is 3.98. The summed E-state index contributed by atoms with van der Waals surface area (Å²) in [4.78, 5) is 5.29. The van der Waals surface area contributed by atoms with Crippen molar-refractivity contribution in [1.29, 1.82) is 0 Å². The van der Waals surface area contributed by atoms with Crippen LogP contribution in [0.25, 0.3) is 0 Å². The van der Waals surface area contributed by atoms with Gasteiger partial charge in [0.2, 0.25) is 0 Å². The molecule has 0 aliphatic rings. The van der Waals surface area contributed by atoms with E-state index in [1.807, 2.05) is 11.7 Å². The van der Waals surface area contributed by atoms with Crippen molar-refractivity contribution in [1.82, 2.24) is 10.3 Å². The van der Waals surface area contributed by atoms with Crippen LogP contribution in [0.4, 0.5) is 0 Å². The van der Waals surface area contributed by atoms with E-state index in [1.165, 1.54) is 4.88 Å². The number of thiazole rings is 1. The fourth-order valence-corrected chi connectivity index (χ4v) is 1.93. The van der Waals surface area contributed by atoms with Crippen molar-refractivity contribution in [2.24, 2.45) is 5.73 Å². The summed E-state index contributed by atoms with van der Waals surface area (Å²) in [7, 11) is 1.73. The maximum absolute atomic E-state index is 5.49. The van der Waals surface area contributed by atoms with E-state index in [4.69, 9.17) is 10.5 Å². The number of nitrogens with zero attached hydrogens (tertiary/aromatic N) is 1. The maximum Gasteiger partial charge on any atom is 0.0794 e. The highest BCUT2D eigenvalue weighted by atomic mass is 32.1. The van der Waals surface area contributed by atoms with Crippen LogP contribution in [0, 0.1) is 0 Å². The lowest BCUT2D eigenvalue weighted by molar-refractivity contribution is 0.161. The van der Waals surface area contributed by atoms with Gasteiger partial charge in [-0.3, -0.25) is 4.98 Å². The van der Waals surface area contributed by atoms with Gasteiger partial charge in [-0.25, -0.2) is 0 Å². The first-order chi connectivity index (χ1) is 7.36. The molecule has 4 nitrogen and oxygen atoms in total. The number of methoxy groups -OCH3 is 1. The van der Waals surface area contributed by atoms with Crippen molar-refractivity contribution < 1.29 is 4.74 Å². The fourth-order valence-electron chi connectivity index (χ4n) is 1.38. The predicted molar refractivity (Wildman–Crippen MR) is 62.9 cm³/mol. The molecule has 1 rings (SSSR count). The van der Waals surface area contributed by atoms with Crippen LogP contribution in [0.15, 0.2) is 11.7 Å². The van der Waals surface area contributed by atoms with Gasteiger partial charge >= 0.3 is 0 Å². The monoisotopic (exact) mass is 229 g/mol. The average molecular weight is 229 g/mol. The topological polar surface area (TPSA) is 60.2 Å². The minimum atomic E-state index is 0.389. The summed E-state index contributed by atoms with van der Waals surface area (Å²) < 4.78 is 5.16. The second-order valence-corrected chi connectivity index (χ2v) is 4.40. The third-order valence-corrected chi connectivity index (χ3v) is 2.95. The van der Waals surface area contributed by atoms with Crippen molar-refractivity contribution in [3.63, 3.8) is 0 Å². The van der Waals surface area contributed by atoms with Gasteiger partial charge in [0.1, 0.15) is 0 Å². The molecule has 86 valence electrons. The summed E-state index contributed by atoms with van der Waals surface area (Å²) in [5, 5.41) is 3.45. The van der Waals surface area contributed by atoms with Crippen LogP contribution in [0.1, 0.15) is 17.7 Å². The lowest BCUT2D eigenvalue weighted by Crippen LogP contribution is -2.33. The van der Waals surface area contributed by atoms with Crippen molar-refractivity contribution >= 4 is 11.3 Å². The van der Waals surface area contributed by atoms with Gasteiger partial charge in [-0.05, 0) is 19.4 Å².